The van der Waals surface area contributed by atoms with Gasteiger partial charge in [-0.05, 0) is 101 Å². The molecule has 0 radical (unpaired) electrons. The number of carboxylic acid groups (broad SMARTS) is 1. The molecule has 1 fully saturated rings. The van der Waals surface area contributed by atoms with E-state index in [0.29, 0.717) is 33.3 Å². The number of hydrogen-bond acceptors (Lipinski definition) is 3. The van der Waals surface area contributed by atoms with Gasteiger partial charge < -0.3 is 10.0 Å². The molecule has 0 aromatic heterocycles. The van der Waals surface area contributed by atoms with Crippen molar-refractivity contribution in [3.8, 4) is 0 Å². The maximum atomic E-state index is 14.7. The van der Waals surface area contributed by atoms with Crippen LogP contribution in [-0.4, -0.2) is 33.8 Å². The van der Waals surface area contributed by atoms with Crippen molar-refractivity contribution in [3.63, 3.8) is 0 Å². The molecule has 3 aromatic carbocycles. The average molecular weight is 677 g/mol. The first kappa shape index (κ1) is 27.9. The van der Waals surface area contributed by atoms with E-state index in [9.17, 15) is 19.5 Å². The molecule has 39 heavy (non-hydrogen) atoms. The highest BCUT2D eigenvalue weighted by molar-refractivity contribution is 14.1. The van der Waals surface area contributed by atoms with Gasteiger partial charge in [-0.3, -0.25) is 14.5 Å². The van der Waals surface area contributed by atoms with E-state index in [1.807, 2.05) is 19.1 Å². The van der Waals surface area contributed by atoms with Crippen LogP contribution in [0.1, 0.15) is 66.2 Å². The third-order valence-electron chi connectivity index (χ3n) is 7.36. The van der Waals surface area contributed by atoms with Crippen LogP contribution in [0.3, 0.4) is 0 Å². The van der Waals surface area contributed by atoms with Gasteiger partial charge in [0, 0.05) is 13.6 Å². The lowest BCUT2D eigenvalue weighted by Gasteiger charge is -2.38. The van der Waals surface area contributed by atoms with Crippen LogP contribution in [0.25, 0.3) is 0 Å². The highest BCUT2D eigenvalue weighted by atomic mass is 127. The Balaban J connectivity index is 1.78. The van der Waals surface area contributed by atoms with Gasteiger partial charge in [0.05, 0.1) is 17.3 Å². The first-order valence-electron chi connectivity index (χ1n) is 12.9. The molecule has 1 aliphatic carbocycles. The smallest absolute Gasteiger partial charge is 0.326 e. The second kappa shape index (κ2) is 11.5. The largest absolute Gasteiger partial charge is 0.480 e. The van der Waals surface area contributed by atoms with Crippen molar-refractivity contribution >= 4 is 69.3 Å². The van der Waals surface area contributed by atoms with Gasteiger partial charge in [0.15, 0.2) is 0 Å². The molecule has 202 valence electrons. The Kier molecular flexibility index (Phi) is 8.21. The molecule has 5 rings (SSSR count). The molecule has 9 heteroatoms. The minimum atomic E-state index is -1.13. The zero-order valence-electron chi connectivity index (χ0n) is 21.2. The van der Waals surface area contributed by atoms with Crippen molar-refractivity contribution in [3.05, 3.63) is 97.0 Å². The van der Waals surface area contributed by atoms with Gasteiger partial charge >= 0.3 is 5.97 Å². The van der Waals surface area contributed by atoms with Crippen molar-refractivity contribution in [1.29, 1.82) is 0 Å². The van der Waals surface area contributed by atoms with Gasteiger partial charge in [0.2, 0.25) is 0 Å². The van der Waals surface area contributed by atoms with Gasteiger partial charge in [-0.1, -0.05) is 60.8 Å². The monoisotopic (exact) mass is 676 g/mol. The number of amides is 2. The van der Waals surface area contributed by atoms with E-state index in [-0.39, 0.29) is 18.2 Å². The first-order chi connectivity index (χ1) is 18.7. The van der Waals surface area contributed by atoms with Crippen molar-refractivity contribution < 1.29 is 19.5 Å². The summed E-state index contributed by atoms with van der Waals surface area (Å²) in [6, 6.07) is 16.9. The summed E-state index contributed by atoms with van der Waals surface area (Å²) in [5.41, 5.74) is 2.09. The van der Waals surface area contributed by atoms with Crippen molar-refractivity contribution in [2.75, 3.05) is 4.90 Å². The summed E-state index contributed by atoms with van der Waals surface area (Å²) in [4.78, 5) is 44.9. The van der Waals surface area contributed by atoms with Crippen LogP contribution in [0.5, 0.6) is 0 Å². The van der Waals surface area contributed by atoms with E-state index in [0.717, 1.165) is 22.0 Å². The number of benzene rings is 3. The van der Waals surface area contributed by atoms with Gasteiger partial charge in [-0.25, -0.2) is 4.79 Å². The van der Waals surface area contributed by atoms with Crippen LogP contribution in [-0.2, 0) is 9.59 Å². The summed E-state index contributed by atoms with van der Waals surface area (Å²) in [7, 11) is 0. The Hall–Kier alpha value is -2.62. The molecule has 2 amide bonds. The summed E-state index contributed by atoms with van der Waals surface area (Å²) in [5.74, 6) is -1.72. The van der Waals surface area contributed by atoms with Crippen molar-refractivity contribution in [2.24, 2.45) is 5.92 Å². The van der Waals surface area contributed by atoms with Crippen LogP contribution in [0, 0.1) is 9.49 Å². The number of hydrogen-bond donors (Lipinski definition) is 1. The van der Waals surface area contributed by atoms with Crippen molar-refractivity contribution in [2.45, 2.75) is 50.7 Å². The van der Waals surface area contributed by atoms with E-state index in [4.69, 9.17) is 23.2 Å². The number of carbonyl (C=O) groups is 3. The van der Waals surface area contributed by atoms with E-state index in [1.165, 1.54) is 4.90 Å². The normalized spacial score (nSPS) is 18.9. The maximum absolute atomic E-state index is 14.7. The quantitative estimate of drug-likeness (QED) is 0.250. The van der Waals surface area contributed by atoms with Crippen LogP contribution in [0.2, 0.25) is 10.0 Å². The molecule has 1 saturated carbocycles. The number of carbonyl (C=O) groups excluding carboxylic acids is 2. The zero-order chi connectivity index (χ0) is 27.8. The Morgan fingerprint density at radius 1 is 1.00 bits per heavy atom. The molecular formula is C30H27Cl2IN2O4. The van der Waals surface area contributed by atoms with E-state index in [1.54, 1.807) is 59.5 Å². The SMILES string of the molecule is CCCC(C(=O)O)N1C(=O)C(c2ccc(Cl)cc2)N(C(c2ccc(Cl)cc2)C2CC2)C(=O)c2cc(I)ccc21. The lowest BCUT2D eigenvalue weighted by Crippen LogP contribution is -2.50. The second-order valence-electron chi connectivity index (χ2n) is 10.0. The number of anilines is 1. The molecule has 6 nitrogen and oxygen atoms in total. The number of nitrogens with zero attached hydrogens (tertiary/aromatic N) is 2. The second-order valence-corrected chi connectivity index (χ2v) is 12.1. The topological polar surface area (TPSA) is 77.9 Å². The lowest BCUT2D eigenvalue weighted by atomic mass is 9.94. The summed E-state index contributed by atoms with van der Waals surface area (Å²) in [6.07, 6.45) is 2.63. The molecule has 3 aromatic rings. The molecule has 0 spiro atoms. The highest BCUT2D eigenvalue weighted by Gasteiger charge is 2.50. The zero-order valence-corrected chi connectivity index (χ0v) is 24.9. The Morgan fingerprint density at radius 3 is 2.18 bits per heavy atom. The van der Waals surface area contributed by atoms with Gasteiger partial charge in [-0.2, -0.15) is 0 Å². The predicted octanol–water partition coefficient (Wildman–Crippen LogP) is 7.53. The third-order valence-corrected chi connectivity index (χ3v) is 8.53. The molecular weight excluding hydrogens is 650 g/mol. The number of halogens is 3. The third kappa shape index (κ3) is 5.54. The summed E-state index contributed by atoms with van der Waals surface area (Å²) in [5, 5.41) is 11.3. The molecule has 3 atom stereocenters. The molecule has 1 heterocycles. The Morgan fingerprint density at radius 2 is 1.62 bits per heavy atom. The molecule has 2 aliphatic rings. The maximum Gasteiger partial charge on any atom is 0.326 e. The van der Waals surface area contributed by atoms with Crippen LogP contribution in [0.15, 0.2) is 66.7 Å². The number of carboxylic acids is 1. The summed E-state index contributed by atoms with van der Waals surface area (Å²) in [6.45, 7) is 1.88. The highest BCUT2D eigenvalue weighted by Crippen LogP contribution is 2.50. The minimum Gasteiger partial charge on any atom is -0.480 e. The molecule has 1 aliphatic heterocycles. The summed E-state index contributed by atoms with van der Waals surface area (Å²) >= 11 is 14.5. The lowest BCUT2D eigenvalue weighted by molar-refractivity contribution is -0.141. The van der Waals surface area contributed by atoms with Gasteiger partial charge in [-0.15, -0.1) is 0 Å². The molecule has 0 saturated heterocycles. The predicted molar refractivity (Wildman–Crippen MR) is 160 cm³/mol. The fraction of sp³-hybridized carbons (Fsp3) is 0.300. The van der Waals surface area contributed by atoms with E-state index in [2.05, 4.69) is 22.6 Å². The summed E-state index contributed by atoms with van der Waals surface area (Å²) < 4.78 is 0.814. The first-order valence-corrected chi connectivity index (χ1v) is 14.7. The number of rotatable bonds is 8. The van der Waals surface area contributed by atoms with Crippen molar-refractivity contribution in [1.82, 2.24) is 4.90 Å². The fourth-order valence-corrected chi connectivity index (χ4v) is 6.18. The Bertz CT molecular complexity index is 1410. The minimum absolute atomic E-state index is 0.154. The van der Waals surface area contributed by atoms with Crippen LogP contribution < -0.4 is 4.90 Å². The van der Waals surface area contributed by atoms with Gasteiger partial charge in [0.1, 0.15) is 12.1 Å². The van der Waals surface area contributed by atoms with E-state index < -0.39 is 30.0 Å². The fourth-order valence-electron chi connectivity index (χ4n) is 5.44. The van der Waals surface area contributed by atoms with Crippen LogP contribution >= 0.6 is 45.8 Å². The average Bonchev–Trinajstić information content (AvgIpc) is 3.75. The molecule has 0 bridgehead atoms. The molecule has 3 unspecified atom stereocenters. The number of aliphatic carboxylic acids is 1. The standard InChI is InChI=1S/C30H27Cl2IN2O4/c1-2-3-25(30(38)39)34-24-15-14-22(33)16-23(24)28(36)35(27(29(34)37)19-8-12-21(32)13-9-19)26(17-4-5-17)18-6-10-20(31)11-7-18/h6-17,25-27H,2-5H2,1H3,(H,38,39). The number of fused-ring (bicyclic) bond motifs is 1. The van der Waals surface area contributed by atoms with Gasteiger partial charge in [0.25, 0.3) is 11.8 Å². The Labute approximate surface area is 251 Å². The van der Waals surface area contributed by atoms with E-state index >= 15 is 0 Å². The molecule has 1 N–H and O–H groups in total. The van der Waals surface area contributed by atoms with Crippen LogP contribution in [0.4, 0.5) is 5.69 Å².